The summed E-state index contributed by atoms with van der Waals surface area (Å²) in [5, 5.41) is 17.0. The van der Waals surface area contributed by atoms with Crippen molar-refractivity contribution in [2.75, 3.05) is 6.54 Å². The molecule has 114 valence electrons. The third-order valence-corrected chi connectivity index (χ3v) is 3.36. The van der Waals surface area contributed by atoms with Crippen LogP contribution in [0.15, 0.2) is 36.5 Å². The Bertz CT molecular complexity index is 687. The van der Waals surface area contributed by atoms with Gasteiger partial charge in [0.1, 0.15) is 18.4 Å². The van der Waals surface area contributed by atoms with E-state index in [0.717, 1.165) is 17.7 Å². The normalized spacial score (nSPS) is 15.9. The predicted octanol–water partition coefficient (Wildman–Crippen LogP) is 0.911. The molecule has 0 spiro atoms. The van der Waals surface area contributed by atoms with Gasteiger partial charge in [0.15, 0.2) is 0 Å². The zero-order chi connectivity index (χ0) is 15.5. The summed E-state index contributed by atoms with van der Waals surface area (Å²) in [6.07, 6.45) is 2.07. The summed E-state index contributed by atoms with van der Waals surface area (Å²) in [5.41, 5.74) is 1.13. The van der Waals surface area contributed by atoms with Crippen molar-refractivity contribution in [2.45, 2.75) is 19.1 Å². The Balaban J connectivity index is 1.48. The predicted molar refractivity (Wildman–Crippen MR) is 76.5 cm³/mol. The number of carbonyl (C=O) groups excluding carboxylic acids is 1. The molecule has 0 saturated heterocycles. The number of nitrogens with zero attached hydrogens (tertiary/aromatic N) is 3. The van der Waals surface area contributed by atoms with Crippen molar-refractivity contribution >= 4 is 11.7 Å². The van der Waals surface area contributed by atoms with Gasteiger partial charge >= 0.3 is 5.82 Å². The summed E-state index contributed by atoms with van der Waals surface area (Å²) in [6.45, 7) is 0.324. The van der Waals surface area contributed by atoms with E-state index in [0.29, 0.717) is 6.54 Å². The summed E-state index contributed by atoms with van der Waals surface area (Å²) in [6, 6.07) is 9.02. The fourth-order valence-corrected chi connectivity index (χ4v) is 2.33. The number of aromatic nitrogens is 2. The van der Waals surface area contributed by atoms with Gasteiger partial charge in [-0.15, -0.1) is 0 Å². The molecule has 1 aliphatic heterocycles. The number of hydrogen-bond acceptors (Lipinski definition) is 5. The van der Waals surface area contributed by atoms with E-state index < -0.39 is 4.92 Å². The van der Waals surface area contributed by atoms with Crippen molar-refractivity contribution in [1.29, 1.82) is 0 Å². The van der Waals surface area contributed by atoms with Crippen molar-refractivity contribution < 1.29 is 14.5 Å². The first-order valence-corrected chi connectivity index (χ1v) is 6.81. The van der Waals surface area contributed by atoms with Gasteiger partial charge < -0.3 is 20.2 Å². The number of benzene rings is 1. The van der Waals surface area contributed by atoms with Crippen molar-refractivity contribution in [3.05, 3.63) is 52.2 Å². The quantitative estimate of drug-likeness (QED) is 0.653. The molecule has 2 aromatic rings. The maximum absolute atomic E-state index is 11.8. The zero-order valence-electron chi connectivity index (χ0n) is 11.6. The van der Waals surface area contributed by atoms with E-state index in [-0.39, 0.29) is 24.4 Å². The van der Waals surface area contributed by atoms with Crippen LogP contribution < -0.4 is 10.1 Å². The molecule has 1 aliphatic rings. The third kappa shape index (κ3) is 3.05. The number of carbonyl (C=O) groups is 1. The summed E-state index contributed by atoms with van der Waals surface area (Å²) >= 11 is 0. The van der Waals surface area contributed by atoms with Crippen LogP contribution in [-0.2, 0) is 17.8 Å². The highest BCUT2D eigenvalue weighted by Crippen LogP contribution is 2.27. The molecule has 0 unspecified atom stereocenters. The summed E-state index contributed by atoms with van der Waals surface area (Å²) in [7, 11) is 0. The third-order valence-electron chi connectivity index (χ3n) is 3.36. The van der Waals surface area contributed by atoms with E-state index in [2.05, 4.69) is 10.4 Å². The molecule has 1 aromatic heterocycles. The SMILES string of the molecule is O=C(Cn1ccc([N+](=O)[O-])n1)NC[C@@H]1Cc2ccccc2O1. The number of ether oxygens (including phenoxy) is 1. The van der Waals surface area contributed by atoms with Gasteiger partial charge in [-0.1, -0.05) is 18.2 Å². The van der Waals surface area contributed by atoms with Crippen LogP contribution in [0.25, 0.3) is 0 Å². The number of para-hydroxylation sites is 1. The van der Waals surface area contributed by atoms with Gasteiger partial charge in [-0.3, -0.25) is 4.79 Å². The Hall–Kier alpha value is -2.90. The van der Waals surface area contributed by atoms with Crippen LogP contribution in [0.3, 0.4) is 0 Å². The number of fused-ring (bicyclic) bond motifs is 1. The van der Waals surface area contributed by atoms with E-state index in [1.165, 1.54) is 16.9 Å². The number of amides is 1. The largest absolute Gasteiger partial charge is 0.488 e. The fraction of sp³-hybridized carbons (Fsp3) is 0.286. The van der Waals surface area contributed by atoms with Crippen LogP contribution in [0.5, 0.6) is 5.75 Å². The van der Waals surface area contributed by atoms with Crippen molar-refractivity contribution in [3.63, 3.8) is 0 Å². The molecule has 0 bridgehead atoms. The second kappa shape index (κ2) is 5.84. The smallest absolute Gasteiger partial charge is 0.389 e. The molecule has 0 aliphatic carbocycles. The van der Waals surface area contributed by atoms with E-state index in [4.69, 9.17) is 4.74 Å². The lowest BCUT2D eigenvalue weighted by molar-refractivity contribution is -0.389. The molecule has 0 saturated carbocycles. The Morgan fingerprint density at radius 3 is 3.00 bits per heavy atom. The lowest BCUT2D eigenvalue weighted by atomic mass is 10.1. The molecule has 1 aromatic carbocycles. The number of rotatable bonds is 5. The Morgan fingerprint density at radius 1 is 1.45 bits per heavy atom. The van der Waals surface area contributed by atoms with E-state index >= 15 is 0 Å². The van der Waals surface area contributed by atoms with Gasteiger partial charge in [-0.05, 0) is 16.6 Å². The maximum Gasteiger partial charge on any atom is 0.389 e. The summed E-state index contributed by atoms with van der Waals surface area (Å²) in [4.78, 5) is 21.7. The van der Waals surface area contributed by atoms with Crippen molar-refractivity contribution in [2.24, 2.45) is 0 Å². The minimum atomic E-state index is -0.599. The van der Waals surface area contributed by atoms with Crippen LogP contribution in [-0.4, -0.2) is 33.3 Å². The van der Waals surface area contributed by atoms with Crippen LogP contribution >= 0.6 is 0 Å². The molecule has 8 nitrogen and oxygen atoms in total. The topological polar surface area (TPSA) is 99.3 Å². The van der Waals surface area contributed by atoms with E-state index in [9.17, 15) is 14.9 Å². The number of hydrogen-bond donors (Lipinski definition) is 1. The monoisotopic (exact) mass is 302 g/mol. The minimum Gasteiger partial charge on any atom is -0.488 e. The molecule has 8 heteroatoms. The second-order valence-corrected chi connectivity index (χ2v) is 4.98. The lowest BCUT2D eigenvalue weighted by Gasteiger charge is -2.11. The Kier molecular flexibility index (Phi) is 3.73. The van der Waals surface area contributed by atoms with Crippen LogP contribution in [0.1, 0.15) is 5.56 Å². The molecule has 3 rings (SSSR count). The Labute approximate surface area is 125 Å². The highest BCUT2D eigenvalue weighted by Gasteiger charge is 2.23. The lowest BCUT2D eigenvalue weighted by Crippen LogP contribution is -2.36. The van der Waals surface area contributed by atoms with Crippen LogP contribution in [0.4, 0.5) is 5.82 Å². The van der Waals surface area contributed by atoms with E-state index in [1.807, 2.05) is 24.3 Å². The number of nitro groups is 1. The molecule has 2 heterocycles. The molecule has 22 heavy (non-hydrogen) atoms. The first-order chi connectivity index (χ1) is 10.6. The second-order valence-electron chi connectivity index (χ2n) is 4.98. The van der Waals surface area contributed by atoms with Crippen LogP contribution in [0.2, 0.25) is 0 Å². The standard InChI is InChI=1S/C14H14N4O4/c19-14(9-17-6-5-13(16-17)18(20)21)15-8-11-7-10-3-1-2-4-12(10)22-11/h1-6,11H,7-9H2,(H,15,19)/t11-/m0/s1. The molecular formula is C14H14N4O4. The van der Waals surface area contributed by atoms with Crippen molar-refractivity contribution in [1.82, 2.24) is 15.1 Å². The molecule has 0 radical (unpaired) electrons. The fourth-order valence-electron chi connectivity index (χ4n) is 2.33. The summed E-state index contributed by atoms with van der Waals surface area (Å²) < 4.78 is 6.95. The van der Waals surface area contributed by atoms with Crippen LogP contribution in [0, 0.1) is 10.1 Å². The molecule has 1 amide bonds. The van der Waals surface area contributed by atoms with E-state index in [1.54, 1.807) is 0 Å². The molecule has 0 fully saturated rings. The average Bonchev–Trinajstić information content (AvgIpc) is 3.11. The van der Waals surface area contributed by atoms with Gasteiger partial charge in [-0.25, -0.2) is 0 Å². The highest BCUT2D eigenvalue weighted by molar-refractivity contribution is 5.75. The van der Waals surface area contributed by atoms with Gasteiger partial charge in [-0.2, -0.15) is 4.68 Å². The molecule has 1 atom stereocenters. The zero-order valence-corrected chi connectivity index (χ0v) is 11.6. The maximum atomic E-state index is 11.8. The molecule has 1 N–H and O–H groups in total. The van der Waals surface area contributed by atoms with Gasteiger partial charge in [0.2, 0.25) is 5.91 Å². The minimum absolute atomic E-state index is 0.0620. The highest BCUT2D eigenvalue weighted by atomic mass is 16.6. The Morgan fingerprint density at radius 2 is 2.27 bits per heavy atom. The first-order valence-electron chi connectivity index (χ1n) is 6.81. The molecular weight excluding hydrogens is 288 g/mol. The van der Waals surface area contributed by atoms with Crippen molar-refractivity contribution in [3.8, 4) is 5.75 Å². The van der Waals surface area contributed by atoms with Gasteiger partial charge in [0.05, 0.1) is 23.9 Å². The summed E-state index contributed by atoms with van der Waals surface area (Å²) in [5.74, 6) is 0.310. The van der Waals surface area contributed by atoms with Gasteiger partial charge in [0.25, 0.3) is 0 Å². The average molecular weight is 302 g/mol. The number of nitrogens with one attached hydrogen (secondary N) is 1. The first kappa shape index (κ1) is 14.1. The van der Waals surface area contributed by atoms with Gasteiger partial charge in [0, 0.05) is 6.42 Å².